The number of rotatable bonds is 13. The van der Waals surface area contributed by atoms with E-state index in [0.717, 1.165) is 61.2 Å². The fourth-order valence-corrected chi connectivity index (χ4v) is 6.61. The van der Waals surface area contributed by atoms with Crippen molar-refractivity contribution in [3.05, 3.63) is 60.7 Å². The largest absolute Gasteiger partial charge is 0.253 e. The van der Waals surface area contributed by atoms with Crippen LogP contribution in [-0.2, 0) is 21.6 Å². The second-order valence-electron chi connectivity index (χ2n) is 7.99. The van der Waals surface area contributed by atoms with Crippen LogP contribution < -0.4 is 0 Å². The third-order valence-corrected chi connectivity index (χ3v) is 9.76. The average Bonchev–Trinajstić information content (AvgIpc) is 2.75. The lowest BCUT2D eigenvalue weighted by Gasteiger charge is -2.22. The Balaban J connectivity index is 1.62. The molecule has 0 spiro atoms. The summed E-state index contributed by atoms with van der Waals surface area (Å²) < 4.78 is 23.9. The van der Waals surface area contributed by atoms with E-state index in [0.29, 0.717) is 0 Å². The lowest BCUT2D eigenvalue weighted by atomic mass is 10.1. The topological polar surface area (TPSA) is 34.1 Å². The average molecular weight is 488 g/mol. The molecule has 0 aliphatic rings. The molecule has 2 aromatic rings. The number of halogens is 2. The van der Waals surface area contributed by atoms with E-state index >= 15 is 0 Å². The first-order valence-corrected chi connectivity index (χ1v) is 13.6. The van der Waals surface area contributed by atoms with Crippen LogP contribution in [0.25, 0.3) is 0 Å². The third kappa shape index (κ3) is 8.11. The molecule has 4 unspecified atom stereocenters. The molecule has 30 heavy (non-hydrogen) atoms. The predicted molar refractivity (Wildman–Crippen MR) is 131 cm³/mol. The summed E-state index contributed by atoms with van der Waals surface area (Å²) in [5.41, 5.74) is 0. The van der Waals surface area contributed by atoms with Gasteiger partial charge in [0.15, 0.2) is 0 Å². The van der Waals surface area contributed by atoms with E-state index in [2.05, 4.69) is 0 Å². The molecule has 2 nitrogen and oxygen atoms in total. The predicted octanol–water partition coefficient (Wildman–Crippen LogP) is 7.63. The zero-order valence-electron chi connectivity index (χ0n) is 17.8. The Labute approximate surface area is 196 Å². The smallest absolute Gasteiger partial charge is 0.121 e. The van der Waals surface area contributed by atoms with Crippen LogP contribution >= 0.6 is 23.2 Å². The highest BCUT2D eigenvalue weighted by atomic mass is 35.5. The molecule has 0 bridgehead atoms. The van der Waals surface area contributed by atoms with E-state index in [1.807, 2.05) is 74.5 Å². The standard InChI is InChI=1S/C24H32Cl2O2S2/c1-23(25,29(27)21-15-9-7-10-16-21)19-13-5-3-4-6-14-20-24(2,26)30(28)22-17-11-8-12-18-22/h7-12,15-18H,3-6,13-14,19-20H2,1-2H3. The minimum absolute atomic E-state index is 0.728. The monoisotopic (exact) mass is 486 g/mol. The van der Waals surface area contributed by atoms with Crippen molar-refractivity contribution in [2.45, 2.75) is 83.4 Å². The van der Waals surface area contributed by atoms with Crippen LogP contribution in [0.1, 0.15) is 65.2 Å². The minimum Gasteiger partial charge on any atom is -0.253 e. The van der Waals surface area contributed by atoms with Crippen molar-refractivity contribution in [3.8, 4) is 0 Å². The van der Waals surface area contributed by atoms with Crippen LogP contribution in [0.5, 0.6) is 0 Å². The Kier molecular flexibility index (Phi) is 10.6. The molecule has 0 N–H and O–H groups in total. The second-order valence-corrected chi connectivity index (χ2v) is 13.9. The Bertz CT molecular complexity index is 739. The van der Waals surface area contributed by atoms with Crippen molar-refractivity contribution in [1.82, 2.24) is 0 Å². The van der Waals surface area contributed by atoms with Gasteiger partial charge in [-0.05, 0) is 51.0 Å². The summed E-state index contributed by atoms with van der Waals surface area (Å²) in [6.45, 7) is 3.73. The maximum Gasteiger partial charge on any atom is 0.121 e. The first kappa shape index (κ1) is 25.6. The number of benzene rings is 2. The number of hydrogen-bond donors (Lipinski definition) is 0. The number of hydrogen-bond acceptors (Lipinski definition) is 2. The van der Waals surface area contributed by atoms with Crippen molar-refractivity contribution >= 4 is 44.8 Å². The van der Waals surface area contributed by atoms with Gasteiger partial charge in [0.25, 0.3) is 0 Å². The fraction of sp³-hybridized carbons (Fsp3) is 0.500. The Hall–Kier alpha value is -0.680. The van der Waals surface area contributed by atoms with Crippen molar-refractivity contribution < 1.29 is 8.42 Å². The van der Waals surface area contributed by atoms with Gasteiger partial charge < -0.3 is 0 Å². The Morgan fingerprint density at radius 3 is 1.23 bits per heavy atom. The quantitative estimate of drug-likeness (QED) is 0.215. The van der Waals surface area contributed by atoms with E-state index in [1.165, 1.54) is 0 Å². The van der Waals surface area contributed by atoms with Crippen LogP contribution in [0.3, 0.4) is 0 Å². The van der Waals surface area contributed by atoms with E-state index < -0.39 is 30.0 Å². The summed E-state index contributed by atoms with van der Waals surface area (Å²) in [7, 11) is -2.43. The normalized spacial score (nSPS) is 17.6. The summed E-state index contributed by atoms with van der Waals surface area (Å²) in [6, 6.07) is 18.9. The zero-order chi connectivity index (χ0) is 22.0. The molecular weight excluding hydrogens is 455 g/mol. The molecule has 6 heteroatoms. The molecular formula is C24H32Cl2O2S2. The van der Waals surface area contributed by atoms with Gasteiger partial charge in [-0.3, -0.25) is 8.42 Å². The van der Waals surface area contributed by atoms with Crippen LogP contribution in [0, 0.1) is 0 Å². The maximum absolute atomic E-state index is 12.7. The van der Waals surface area contributed by atoms with Gasteiger partial charge in [-0.1, -0.05) is 74.9 Å². The summed E-state index contributed by atoms with van der Waals surface area (Å²) in [4.78, 5) is 1.57. The van der Waals surface area contributed by atoms with Gasteiger partial charge in [-0.2, -0.15) is 0 Å². The summed E-state index contributed by atoms with van der Waals surface area (Å²) >= 11 is 13.1. The van der Waals surface area contributed by atoms with Crippen molar-refractivity contribution in [1.29, 1.82) is 0 Å². The van der Waals surface area contributed by atoms with Gasteiger partial charge >= 0.3 is 0 Å². The van der Waals surface area contributed by atoms with Gasteiger partial charge in [0.05, 0.1) is 21.6 Å². The van der Waals surface area contributed by atoms with Gasteiger partial charge in [0, 0.05) is 9.79 Å². The summed E-state index contributed by atoms with van der Waals surface area (Å²) in [5, 5.41) is 0. The molecule has 0 saturated heterocycles. The van der Waals surface area contributed by atoms with E-state index in [1.54, 1.807) is 0 Å². The van der Waals surface area contributed by atoms with Crippen LogP contribution in [0.2, 0.25) is 0 Å². The number of unbranched alkanes of at least 4 members (excludes halogenated alkanes) is 5. The Morgan fingerprint density at radius 2 is 0.900 bits per heavy atom. The Morgan fingerprint density at radius 1 is 0.600 bits per heavy atom. The highest BCUT2D eigenvalue weighted by Gasteiger charge is 2.30. The van der Waals surface area contributed by atoms with E-state index in [9.17, 15) is 8.42 Å². The molecule has 0 fully saturated rings. The summed E-state index contributed by atoms with van der Waals surface area (Å²) in [6.07, 6.45) is 7.76. The minimum atomic E-state index is -1.21. The van der Waals surface area contributed by atoms with E-state index in [-0.39, 0.29) is 0 Å². The molecule has 0 aliphatic heterocycles. The molecule has 2 rings (SSSR count). The second kappa shape index (κ2) is 12.4. The highest BCUT2D eigenvalue weighted by Crippen LogP contribution is 2.32. The van der Waals surface area contributed by atoms with Gasteiger partial charge in [0.1, 0.15) is 8.41 Å². The van der Waals surface area contributed by atoms with Crippen LogP contribution in [-0.4, -0.2) is 16.8 Å². The lowest BCUT2D eigenvalue weighted by molar-refractivity contribution is 0.545. The lowest BCUT2D eigenvalue weighted by Crippen LogP contribution is -2.23. The van der Waals surface area contributed by atoms with Crippen molar-refractivity contribution in [2.24, 2.45) is 0 Å². The zero-order valence-corrected chi connectivity index (χ0v) is 21.0. The fourth-order valence-electron chi connectivity index (χ4n) is 3.35. The molecule has 0 aliphatic carbocycles. The SMILES string of the molecule is CC(Cl)(CCCCCCCCC(C)(Cl)S(=O)c1ccccc1)S(=O)c1ccccc1. The first-order valence-electron chi connectivity index (χ1n) is 10.6. The van der Waals surface area contributed by atoms with Gasteiger partial charge in [-0.25, -0.2) is 0 Å². The molecule has 0 heterocycles. The van der Waals surface area contributed by atoms with Crippen LogP contribution in [0.4, 0.5) is 0 Å². The van der Waals surface area contributed by atoms with Gasteiger partial charge in [0.2, 0.25) is 0 Å². The maximum atomic E-state index is 12.7. The first-order chi connectivity index (χ1) is 14.2. The molecule has 166 valence electrons. The molecule has 4 atom stereocenters. The van der Waals surface area contributed by atoms with Crippen molar-refractivity contribution in [2.75, 3.05) is 0 Å². The van der Waals surface area contributed by atoms with Crippen LogP contribution in [0.15, 0.2) is 70.5 Å². The molecule has 0 aromatic heterocycles. The number of alkyl halides is 2. The third-order valence-electron chi connectivity index (χ3n) is 5.18. The summed E-state index contributed by atoms with van der Waals surface area (Å²) in [5.74, 6) is 0. The van der Waals surface area contributed by atoms with E-state index in [4.69, 9.17) is 23.2 Å². The van der Waals surface area contributed by atoms with Crippen molar-refractivity contribution in [3.63, 3.8) is 0 Å². The van der Waals surface area contributed by atoms with Gasteiger partial charge in [-0.15, -0.1) is 23.2 Å². The molecule has 0 radical (unpaired) electrons. The highest BCUT2D eigenvalue weighted by molar-refractivity contribution is 7.88. The molecule has 2 aromatic carbocycles. The molecule has 0 amide bonds. The molecule has 0 saturated carbocycles.